The smallest absolute Gasteiger partial charge is 0.0219 e. The molecule has 1 aromatic carbocycles. The average molecular weight is 180 g/mol. The molecule has 0 atom stereocenters. The molecule has 1 rings (SSSR count). The Morgan fingerprint density at radius 3 is 2.08 bits per heavy atom. The molecule has 66 valence electrons. The van der Waals surface area contributed by atoms with Gasteiger partial charge in [-0.3, -0.25) is 0 Å². The van der Waals surface area contributed by atoms with Crippen LogP contribution in [0, 0.1) is 5.92 Å². The second kappa shape index (κ2) is 5.04. The first-order chi connectivity index (χ1) is 5.22. The minimum absolute atomic E-state index is 0. The summed E-state index contributed by atoms with van der Waals surface area (Å²) in [4.78, 5) is 0. The molecule has 0 aliphatic rings. The number of benzene rings is 1. The Morgan fingerprint density at radius 2 is 1.67 bits per heavy atom. The maximum Gasteiger partial charge on any atom is -0.0219 e. The van der Waals surface area contributed by atoms with Crippen LogP contribution < -0.4 is 0 Å². The molecule has 1 heteroatoms. The largest absolute Gasteiger partial charge is 0.197 e. The highest BCUT2D eigenvalue weighted by Crippen LogP contribution is 2.19. The van der Waals surface area contributed by atoms with Gasteiger partial charge < -0.3 is 0 Å². The van der Waals surface area contributed by atoms with E-state index in [1.54, 1.807) is 0 Å². The summed E-state index contributed by atoms with van der Waals surface area (Å²) in [5, 5.41) is 0. The van der Waals surface area contributed by atoms with E-state index in [1.165, 1.54) is 11.1 Å². The van der Waals surface area contributed by atoms with Crippen LogP contribution in [0.15, 0.2) is 36.9 Å². The van der Waals surface area contributed by atoms with Gasteiger partial charge in [0.05, 0.1) is 0 Å². The maximum atomic E-state index is 4.02. The van der Waals surface area contributed by atoms with Gasteiger partial charge >= 0.3 is 0 Å². The molecule has 0 fully saturated rings. The van der Waals surface area contributed by atoms with Crippen LogP contribution in [-0.2, 0) is 0 Å². The summed E-state index contributed by atoms with van der Waals surface area (Å²) in [5.74, 6) is 0.539. The molecule has 0 saturated carbocycles. The molecule has 0 nitrogen and oxygen atoms in total. The van der Waals surface area contributed by atoms with E-state index < -0.39 is 0 Å². The van der Waals surface area contributed by atoms with Crippen LogP contribution in [0.25, 0.3) is 5.57 Å². The lowest BCUT2D eigenvalue weighted by Gasteiger charge is -2.08. The van der Waals surface area contributed by atoms with E-state index in [1.807, 2.05) is 18.2 Å². The zero-order chi connectivity index (χ0) is 8.27. The molecule has 0 aliphatic heterocycles. The van der Waals surface area contributed by atoms with Gasteiger partial charge in [-0.15, -0.1) is 0 Å². The van der Waals surface area contributed by atoms with E-state index in [0.717, 1.165) is 0 Å². The minimum atomic E-state index is 0. The Balaban J connectivity index is 0.00000121. The van der Waals surface area contributed by atoms with Gasteiger partial charge in [0.25, 0.3) is 0 Å². The molecule has 0 spiro atoms. The number of hydrogen-bond donors (Lipinski definition) is 0. The lowest BCUT2D eigenvalue weighted by atomic mass is 9.97. The molecule has 12 heavy (non-hydrogen) atoms. The van der Waals surface area contributed by atoms with Crippen LogP contribution in [-0.4, -0.2) is 0 Å². The lowest BCUT2D eigenvalue weighted by molar-refractivity contribution is 0.858. The summed E-state index contributed by atoms with van der Waals surface area (Å²) < 4.78 is 0. The normalized spacial score (nSPS) is 9.25. The monoisotopic (exact) mass is 180 g/mol. The zero-order valence-electron chi connectivity index (χ0n) is 7.67. The van der Waals surface area contributed by atoms with Crippen molar-refractivity contribution in [2.24, 2.45) is 5.92 Å². The summed E-state index contributed by atoms with van der Waals surface area (Å²) in [6.45, 7) is 8.35. The van der Waals surface area contributed by atoms with Gasteiger partial charge in [-0.05, 0) is 17.1 Å². The van der Waals surface area contributed by atoms with E-state index in [4.69, 9.17) is 0 Å². The van der Waals surface area contributed by atoms with Crippen LogP contribution in [0.5, 0.6) is 0 Å². The Bertz CT molecular complexity index is 236. The number of hydrogen-bond acceptors (Lipinski definition) is 0. The zero-order valence-corrected chi connectivity index (χ0v) is 8.67. The third-order valence-electron chi connectivity index (χ3n) is 1.84. The highest BCUT2D eigenvalue weighted by Gasteiger charge is 2.00. The summed E-state index contributed by atoms with van der Waals surface area (Å²) in [7, 11) is 0. The Kier molecular flexibility index (Phi) is 4.75. The van der Waals surface area contributed by atoms with Gasteiger partial charge in [0.15, 0.2) is 0 Å². The van der Waals surface area contributed by atoms with E-state index in [-0.39, 0.29) is 13.5 Å². The predicted octanol–water partition coefficient (Wildman–Crippen LogP) is 3.47. The molecule has 0 unspecified atom stereocenters. The fourth-order valence-electron chi connectivity index (χ4n) is 0.986. The predicted molar refractivity (Wildman–Crippen MR) is 60.7 cm³/mol. The van der Waals surface area contributed by atoms with Crippen molar-refractivity contribution in [2.75, 3.05) is 0 Å². The van der Waals surface area contributed by atoms with Gasteiger partial charge in [-0.2, -0.15) is 13.5 Å². The van der Waals surface area contributed by atoms with Crippen molar-refractivity contribution in [1.82, 2.24) is 0 Å². The highest BCUT2D eigenvalue weighted by atomic mass is 32.1. The molecule has 0 aromatic heterocycles. The van der Waals surface area contributed by atoms with Gasteiger partial charge in [-0.1, -0.05) is 50.8 Å². The third-order valence-corrected chi connectivity index (χ3v) is 1.84. The van der Waals surface area contributed by atoms with Crippen molar-refractivity contribution >= 4 is 19.1 Å². The van der Waals surface area contributed by atoms with Gasteiger partial charge in [0.2, 0.25) is 0 Å². The fourth-order valence-corrected chi connectivity index (χ4v) is 0.986. The summed E-state index contributed by atoms with van der Waals surface area (Å²) in [6.07, 6.45) is 0. The first-order valence-corrected chi connectivity index (χ1v) is 3.96. The van der Waals surface area contributed by atoms with E-state index in [0.29, 0.717) is 5.92 Å². The van der Waals surface area contributed by atoms with E-state index in [9.17, 15) is 0 Å². The minimum Gasteiger partial charge on any atom is -0.197 e. The summed E-state index contributed by atoms with van der Waals surface area (Å²) >= 11 is 0. The first-order valence-electron chi connectivity index (χ1n) is 3.96. The van der Waals surface area contributed by atoms with Crippen molar-refractivity contribution in [1.29, 1.82) is 0 Å². The van der Waals surface area contributed by atoms with E-state index in [2.05, 4.69) is 32.6 Å². The molecule has 0 amide bonds. The molecule has 0 heterocycles. The van der Waals surface area contributed by atoms with Gasteiger partial charge in [0.1, 0.15) is 0 Å². The molecular weight excluding hydrogens is 164 g/mol. The summed E-state index contributed by atoms with van der Waals surface area (Å²) in [6, 6.07) is 10.3. The van der Waals surface area contributed by atoms with Crippen LogP contribution in [0.4, 0.5) is 0 Å². The quantitative estimate of drug-likeness (QED) is 0.653. The molecule has 0 aliphatic carbocycles. The second-order valence-corrected chi connectivity index (χ2v) is 3.05. The van der Waals surface area contributed by atoms with Crippen molar-refractivity contribution in [2.45, 2.75) is 13.8 Å². The standard InChI is InChI=1S/C11H14.H2S/c1-9(2)10(3)11-7-5-4-6-8-11;/h4-9H,3H2,1-2H3;1H2. The van der Waals surface area contributed by atoms with E-state index >= 15 is 0 Å². The Morgan fingerprint density at radius 1 is 1.17 bits per heavy atom. The Hall–Kier alpha value is -0.690. The van der Waals surface area contributed by atoms with Crippen LogP contribution in [0.2, 0.25) is 0 Å². The maximum absolute atomic E-state index is 4.02. The lowest BCUT2D eigenvalue weighted by Crippen LogP contribution is -1.90. The highest BCUT2D eigenvalue weighted by molar-refractivity contribution is 7.59. The molecule has 0 saturated heterocycles. The number of rotatable bonds is 2. The topological polar surface area (TPSA) is 0 Å². The van der Waals surface area contributed by atoms with Crippen molar-refractivity contribution in [3.63, 3.8) is 0 Å². The molecule has 0 bridgehead atoms. The molecular formula is C11H16S. The third kappa shape index (κ3) is 2.74. The fraction of sp³-hybridized carbons (Fsp3) is 0.273. The summed E-state index contributed by atoms with van der Waals surface area (Å²) in [5.41, 5.74) is 2.47. The molecule has 1 aromatic rings. The van der Waals surface area contributed by atoms with Crippen LogP contribution >= 0.6 is 13.5 Å². The second-order valence-electron chi connectivity index (χ2n) is 3.05. The SMILES string of the molecule is C=C(c1ccccc1)C(C)C.S. The first kappa shape index (κ1) is 11.3. The van der Waals surface area contributed by atoms with Crippen LogP contribution in [0.1, 0.15) is 19.4 Å². The van der Waals surface area contributed by atoms with Crippen LogP contribution in [0.3, 0.4) is 0 Å². The van der Waals surface area contributed by atoms with Gasteiger partial charge in [-0.25, -0.2) is 0 Å². The van der Waals surface area contributed by atoms with Gasteiger partial charge in [0, 0.05) is 0 Å². The molecule has 0 N–H and O–H groups in total. The van der Waals surface area contributed by atoms with Crippen molar-refractivity contribution < 1.29 is 0 Å². The average Bonchev–Trinajstić information content (AvgIpc) is 2.05. The Labute approximate surface area is 81.8 Å². The molecule has 0 radical (unpaired) electrons. The number of allylic oxidation sites excluding steroid dienone is 1. The van der Waals surface area contributed by atoms with Crippen molar-refractivity contribution in [3.8, 4) is 0 Å². The van der Waals surface area contributed by atoms with Crippen molar-refractivity contribution in [3.05, 3.63) is 42.5 Å².